The first kappa shape index (κ1) is 6.84. The summed E-state index contributed by atoms with van der Waals surface area (Å²) in [6.07, 6.45) is 1.50. The third-order valence-corrected chi connectivity index (χ3v) is 1.64. The van der Waals surface area contributed by atoms with Crippen LogP contribution in [0.5, 0.6) is 0 Å². The summed E-state index contributed by atoms with van der Waals surface area (Å²) in [5.41, 5.74) is 6.62. The molecule has 0 radical (unpaired) electrons. The fraction of sp³-hybridized carbons (Fsp3) is 0. The molecule has 0 bridgehead atoms. The summed E-state index contributed by atoms with van der Waals surface area (Å²) >= 11 is 0. The Kier molecular flexibility index (Phi) is 1.33. The van der Waals surface area contributed by atoms with Crippen molar-refractivity contribution in [2.75, 3.05) is 5.73 Å². The lowest BCUT2D eigenvalue weighted by atomic mass is 10.2. The Labute approximate surface area is 68.1 Å². The Bertz CT molecular complexity index is 475. The van der Waals surface area contributed by atoms with E-state index in [9.17, 15) is 4.79 Å². The zero-order valence-electron chi connectivity index (χ0n) is 6.24. The number of nitrogens with one attached hydrogen (secondary N) is 1. The summed E-state index contributed by atoms with van der Waals surface area (Å²) in [6.45, 7) is 0. The first-order valence-electron chi connectivity index (χ1n) is 3.50. The first-order chi connectivity index (χ1) is 5.75. The van der Waals surface area contributed by atoms with E-state index in [0.29, 0.717) is 5.69 Å². The van der Waals surface area contributed by atoms with Crippen molar-refractivity contribution >= 4 is 16.6 Å². The lowest BCUT2D eigenvalue weighted by molar-refractivity contribution is 1.12. The molecule has 0 amide bonds. The Morgan fingerprint density at radius 3 is 3.08 bits per heavy atom. The van der Waals surface area contributed by atoms with Crippen LogP contribution in [-0.4, -0.2) is 9.97 Å². The predicted octanol–water partition coefficient (Wildman–Crippen LogP) is 0.505. The zero-order valence-corrected chi connectivity index (χ0v) is 6.24. The molecule has 0 saturated heterocycles. The smallest absolute Gasteiger partial charge is 0.345 e. The molecular formula is C8H7N3O. The van der Waals surface area contributed by atoms with Gasteiger partial charge in [0.25, 0.3) is 0 Å². The van der Waals surface area contributed by atoms with Gasteiger partial charge in [0.15, 0.2) is 0 Å². The maximum absolute atomic E-state index is 10.8. The van der Waals surface area contributed by atoms with Crippen molar-refractivity contribution in [3.8, 4) is 0 Å². The molecule has 4 nitrogen and oxygen atoms in total. The topological polar surface area (TPSA) is 71.8 Å². The fourth-order valence-corrected chi connectivity index (χ4v) is 1.08. The zero-order chi connectivity index (χ0) is 8.55. The van der Waals surface area contributed by atoms with Gasteiger partial charge < -0.3 is 10.7 Å². The van der Waals surface area contributed by atoms with Crippen molar-refractivity contribution < 1.29 is 0 Å². The predicted molar refractivity (Wildman–Crippen MR) is 46.8 cm³/mol. The molecule has 2 rings (SSSR count). The molecule has 0 aliphatic rings. The molecule has 0 aliphatic heterocycles. The summed E-state index contributed by atoms with van der Waals surface area (Å²) in [4.78, 5) is 16.9. The van der Waals surface area contributed by atoms with E-state index in [1.54, 1.807) is 18.2 Å². The molecule has 1 heterocycles. The van der Waals surface area contributed by atoms with Crippen LogP contribution in [0, 0.1) is 0 Å². The molecule has 0 unspecified atom stereocenters. The lowest BCUT2D eigenvalue weighted by Crippen LogP contribution is -2.08. The van der Waals surface area contributed by atoms with Gasteiger partial charge in [-0.3, -0.25) is 0 Å². The number of H-pyrrole nitrogens is 1. The normalized spacial score (nSPS) is 10.3. The third kappa shape index (κ3) is 1.03. The summed E-state index contributed by atoms with van der Waals surface area (Å²) in [6, 6.07) is 5.25. The molecular weight excluding hydrogens is 154 g/mol. The van der Waals surface area contributed by atoms with Crippen molar-refractivity contribution in [2.24, 2.45) is 0 Å². The second-order valence-electron chi connectivity index (χ2n) is 2.54. The van der Waals surface area contributed by atoms with Gasteiger partial charge in [-0.25, -0.2) is 9.78 Å². The number of anilines is 1. The molecule has 4 heteroatoms. The number of rotatable bonds is 0. The Hall–Kier alpha value is -1.84. The van der Waals surface area contributed by atoms with Crippen molar-refractivity contribution in [1.29, 1.82) is 0 Å². The number of nitrogens with zero attached hydrogens (tertiary/aromatic N) is 1. The maximum atomic E-state index is 10.8. The monoisotopic (exact) mass is 161 g/mol. The number of benzene rings is 1. The van der Waals surface area contributed by atoms with E-state index >= 15 is 0 Å². The first-order valence-corrected chi connectivity index (χ1v) is 3.50. The number of hydrogen-bond acceptors (Lipinski definition) is 3. The van der Waals surface area contributed by atoms with E-state index in [-0.39, 0.29) is 5.69 Å². The molecule has 60 valence electrons. The highest BCUT2D eigenvalue weighted by molar-refractivity contribution is 5.80. The van der Waals surface area contributed by atoms with Gasteiger partial charge in [0.05, 0.1) is 5.52 Å². The average Bonchev–Trinajstić information content (AvgIpc) is 2.05. The summed E-state index contributed by atoms with van der Waals surface area (Å²) in [5, 5.41) is 0.842. The minimum absolute atomic E-state index is 0.340. The minimum Gasteiger partial charge on any atom is -0.399 e. The number of aromatic nitrogens is 2. The van der Waals surface area contributed by atoms with Gasteiger partial charge in [-0.1, -0.05) is 0 Å². The highest BCUT2D eigenvalue weighted by Crippen LogP contribution is 2.11. The lowest BCUT2D eigenvalue weighted by Gasteiger charge is -1.96. The number of hydrogen-bond donors (Lipinski definition) is 2. The second kappa shape index (κ2) is 2.34. The van der Waals surface area contributed by atoms with Gasteiger partial charge in [-0.05, 0) is 18.2 Å². The number of nitrogen functional groups attached to an aromatic ring is 1. The van der Waals surface area contributed by atoms with Crippen molar-refractivity contribution in [3.63, 3.8) is 0 Å². The fourth-order valence-electron chi connectivity index (χ4n) is 1.08. The van der Waals surface area contributed by atoms with E-state index in [2.05, 4.69) is 9.97 Å². The molecule has 0 spiro atoms. The van der Waals surface area contributed by atoms with Gasteiger partial charge in [0.1, 0.15) is 0 Å². The molecule has 2 aromatic rings. The number of nitrogens with two attached hydrogens (primary N) is 1. The Morgan fingerprint density at radius 2 is 2.25 bits per heavy atom. The van der Waals surface area contributed by atoms with Gasteiger partial charge in [0.2, 0.25) is 0 Å². The van der Waals surface area contributed by atoms with Gasteiger partial charge in [-0.2, -0.15) is 0 Å². The van der Waals surface area contributed by atoms with Crippen LogP contribution in [0.4, 0.5) is 5.69 Å². The van der Waals surface area contributed by atoms with Crippen molar-refractivity contribution in [1.82, 2.24) is 9.97 Å². The molecule has 0 fully saturated rings. The van der Waals surface area contributed by atoms with Crippen LogP contribution in [-0.2, 0) is 0 Å². The Morgan fingerprint density at radius 1 is 1.42 bits per heavy atom. The molecule has 0 aliphatic carbocycles. The second-order valence-corrected chi connectivity index (χ2v) is 2.54. The van der Waals surface area contributed by atoms with Crippen molar-refractivity contribution in [3.05, 3.63) is 34.9 Å². The molecule has 1 aromatic carbocycles. The summed E-state index contributed by atoms with van der Waals surface area (Å²) in [7, 11) is 0. The van der Waals surface area contributed by atoms with E-state index in [0.717, 1.165) is 10.9 Å². The van der Waals surface area contributed by atoms with Crippen molar-refractivity contribution in [2.45, 2.75) is 0 Å². The van der Waals surface area contributed by atoms with Crippen LogP contribution >= 0.6 is 0 Å². The highest BCUT2D eigenvalue weighted by Gasteiger charge is 1.94. The van der Waals surface area contributed by atoms with Crippen LogP contribution in [0.2, 0.25) is 0 Å². The van der Waals surface area contributed by atoms with Crippen LogP contribution in [0.3, 0.4) is 0 Å². The highest BCUT2D eigenvalue weighted by atomic mass is 16.1. The standard InChI is InChI=1S/C8H7N3O/c9-6-1-2-7-5(3-6)4-10-8(12)11-7/h1-4H,9H2,(H,10,11,12). The van der Waals surface area contributed by atoms with E-state index in [1.807, 2.05) is 0 Å². The van der Waals surface area contributed by atoms with Crippen LogP contribution in [0.15, 0.2) is 29.2 Å². The summed E-state index contributed by atoms with van der Waals surface area (Å²) in [5.74, 6) is 0. The number of aromatic amines is 1. The molecule has 0 saturated carbocycles. The van der Waals surface area contributed by atoms with Crippen LogP contribution < -0.4 is 11.4 Å². The minimum atomic E-state index is -0.340. The molecule has 3 N–H and O–H groups in total. The third-order valence-electron chi connectivity index (χ3n) is 1.64. The molecule has 12 heavy (non-hydrogen) atoms. The number of fused-ring (bicyclic) bond motifs is 1. The molecule has 0 atom stereocenters. The largest absolute Gasteiger partial charge is 0.399 e. The molecule has 1 aromatic heterocycles. The summed E-state index contributed by atoms with van der Waals surface area (Å²) < 4.78 is 0. The van der Waals surface area contributed by atoms with Gasteiger partial charge >= 0.3 is 5.69 Å². The maximum Gasteiger partial charge on any atom is 0.345 e. The average molecular weight is 161 g/mol. The van der Waals surface area contributed by atoms with E-state index < -0.39 is 0 Å². The van der Waals surface area contributed by atoms with Crippen LogP contribution in [0.1, 0.15) is 0 Å². The van der Waals surface area contributed by atoms with E-state index in [4.69, 9.17) is 5.73 Å². The van der Waals surface area contributed by atoms with Gasteiger partial charge in [-0.15, -0.1) is 0 Å². The Balaban J connectivity index is 2.87. The van der Waals surface area contributed by atoms with Gasteiger partial charge in [0, 0.05) is 17.3 Å². The van der Waals surface area contributed by atoms with Crippen LogP contribution in [0.25, 0.3) is 10.9 Å². The SMILES string of the molecule is Nc1ccc2[nH]c(=O)ncc2c1. The quantitative estimate of drug-likeness (QED) is 0.553. The van der Waals surface area contributed by atoms with E-state index in [1.165, 1.54) is 6.20 Å².